The number of rotatable bonds is 6. The van der Waals surface area contributed by atoms with Crippen molar-refractivity contribution in [3.05, 3.63) is 56.2 Å². The molecule has 1 heterocycles. The van der Waals surface area contributed by atoms with Gasteiger partial charge in [0.15, 0.2) is 0 Å². The summed E-state index contributed by atoms with van der Waals surface area (Å²) in [5.74, 6) is -0.286. The molecule has 11 heteroatoms. The van der Waals surface area contributed by atoms with E-state index in [2.05, 4.69) is 52.4 Å². The Morgan fingerprint density at radius 2 is 2.00 bits per heavy atom. The molecule has 0 unspecified atom stereocenters. The highest BCUT2D eigenvalue weighted by Gasteiger charge is 2.56. The fourth-order valence-corrected chi connectivity index (χ4v) is 5.93. The molecule has 5 rings (SSSR count). The lowest BCUT2D eigenvalue weighted by atomic mass is 9.45. The zero-order valence-corrected chi connectivity index (χ0v) is 21.1. The Labute approximate surface area is 208 Å². The molecule has 1 aromatic carbocycles. The van der Waals surface area contributed by atoms with Crippen LogP contribution in [-0.2, 0) is 24.1 Å². The number of nitrogens with one attached hydrogen (secondary N) is 2. The average molecular weight is 559 g/mol. The van der Waals surface area contributed by atoms with E-state index in [-0.39, 0.29) is 22.6 Å². The third-order valence-electron chi connectivity index (χ3n) is 7.80. The molecule has 0 spiro atoms. The van der Waals surface area contributed by atoms with Crippen LogP contribution in [0.2, 0.25) is 0 Å². The van der Waals surface area contributed by atoms with Gasteiger partial charge in [-0.2, -0.15) is 18.3 Å². The van der Waals surface area contributed by atoms with E-state index in [0.29, 0.717) is 41.0 Å². The molecule has 1 aromatic heterocycles. The van der Waals surface area contributed by atoms with Crippen molar-refractivity contribution in [2.45, 2.75) is 58.9 Å². The van der Waals surface area contributed by atoms with E-state index in [1.165, 1.54) is 12.6 Å². The van der Waals surface area contributed by atoms with Crippen LogP contribution in [0.25, 0.3) is 0 Å². The molecule has 4 atom stereocenters. The Hall–Kier alpha value is -2.43. The summed E-state index contributed by atoms with van der Waals surface area (Å²) in [7, 11) is 0. The van der Waals surface area contributed by atoms with Crippen LogP contribution >= 0.6 is 15.9 Å². The van der Waals surface area contributed by atoms with Crippen LogP contribution in [0.4, 0.5) is 23.2 Å². The van der Waals surface area contributed by atoms with Crippen LogP contribution in [0, 0.1) is 29.0 Å². The first-order valence-electron chi connectivity index (χ1n) is 11.4. The van der Waals surface area contributed by atoms with E-state index in [0.717, 1.165) is 17.2 Å². The van der Waals surface area contributed by atoms with Crippen molar-refractivity contribution in [3.8, 4) is 0 Å². The van der Waals surface area contributed by atoms with Gasteiger partial charge in [-0.15, -0.1) is 0 Å². The van der Waals surface area contributed by atoms with Gasteiger partial charge < -0.3 is 10.6 Å². The number of hydrogen-bond donors (Lipinski definition) is 2. The number of hydrogen-bond acceptors (Lipinski definition) is 4. The molecule has 3 fully saturated rings. The number of nitrogens with zero attached hydrogens (tertiary/aromatic N) is 2. The van der Waals surface area contributed by atoms with Gasteiger partial charge in [0.2, 0.25) is 5.91 Å². The van der Waals surface area contributed by atoms with Crippen molar-refractivity contribution in [3.63, 3.8) is 0 Å². The molecule has 3 aliphatic carbocycles. The Morgan fingerprint density at radius 3 is 2.63 bits per heavy atom. The predicted octanol–water partition coefficient (Wildman–Crippen LogP) is 4.96. The third kappa shape index (κ3) is 4.96. The largest absolute Gasteiger partial charge is 0.419 e. The first-order chi connectivity index (χ1) is 16.3. The van der Waals surface area contributed by atoms with Crippen LogP contribution in [0.3, 0.4) is 0 Å². The van der Waals surface area contributed by atoms with Crippen molar-refractivity contribution in [2.75, 3.05) is 5.32 Å². The zero-order chi connectivity index (χ0) is 25.7. The maximum Gasteiger partial charge on any atom is 0.419 e. The van der Waals surface area contributed by atoms with Gasteiger partial charge in [0.1, 0.15) is 16.8 Å². The maximum atomic E-state index is 13.4. The quantitative estimate of drug-likeness (QED) is 0.491. The van der Waals surface area contributed by atoms with Crippen LogP contribution < -0.4 is 16.2 Å². The fourth-order valence-electron chi connectivity index (χ4n) is 5.51. The van der Waals surface area contributed by atoms with E-state index in [4.69, 9.17) is 0 Å². The first kappa shape index (κ1) is 25.7. The zero-order valence-electron chi connectivity index (χ0n) is 19.5. The summed E-state index contributed by atoms with van der Waals surface area (Å²) < 4.78 is 53.3. The minimum absolute atomic E-state index is 0.0796. The molecular weight excluding hydrogens is 532 g/mol. The van der Waals surface area contributed by atoms with E-state index in [9.17, 15) is 27.2 Å². The van der Waals surface area contributed by atoms with Gasteiger partial charge >= 0.3 is 6.18 Å². The highest BCUT2D eigenvalue weighted by molar-refractivity contribution is 9.10. The van der Waals surface area contributed by atoms with Gasteiger partial charge in [-0.1, -0.05) is 26.8 Å². The lowest BCUT2D eigenvalue weighted by Crippen LogP contribution is -2.58. The Morgan fingerprint density at radius 1 is 1.29 bits per heavy atom. The Kier molecular flexibility index (Phi) is 6.76. The van der Waals surface area contributed by atoms with Gasteiger partial charge in [0.05, 0.1) is 17.4 Å². The molecule has 35 heavy (non-hydrogen) atoms. The molecule has 6 nitrogen and oxygen atoms in total. The minimum atomic E-state index is -4.84. The molecule has 3 aliphatic rings. The Balaban J connectivity index is 1.38. The first-order valence-corrected chi connectivity index (χ1v) is 12.2. The second kappa shape index (κ2) is 9.22. The average Bonchev–Trinajstić information content (AvgIpc) is 2.78. The van der Waals surface area contributed by atoms with E-state index < -0.39 is 35.6 Å². The maximum absolute atomic E-state index is 13.4. The normalized spacial score (nSPS) is 25.0. The van der Waals surface area contributed by atoms with Crippen molar-refractivity contribution >= 4 is 27.5 Å². The summed E-state index contributed by atoms with van der Waals surface area (Å²) >= 11 is 3.32. The molecule has 2 aromatic rings. The standard InChI is InChI=1S/C24H27BrF4N4O2/c1-12-15-7-14(23(15,2)3)8-18(12)32-19-10-31-33(22(35)21(19)25)11-20(34)30-9-13-4-5-17(26)16(6-13)24(27,28)29/h4-6,10,12,14-15,18,32H,7-9,11H2,1-3H3,(H,30,34)/t12-,14+,15-,18-/m1/s1. The van der Waals surface area contributed by atoms with Crippen LogP contribution in [0.5, 0.6) is 0 Å². The molecule has 3 saturated carbocycles. The highest BCUT2D eigenvalue weighted by Crippen LogP contribution is 2.61. The molecule has 2 N–H and O–H groups in total. The molecule has 2 bridgehead atoms. The SMILES string of the molecule is C[C@@H]1[C@H]2C[C@@H](C[C@H]1Nc1cnn(CC(=O)NCc3ccc(F)c(C(F)(F)F)c3)c(=O)c1Br)C2(C)C. The number of aromatic nitrogens is 2. The number of benzene rings is 1. The third-order valence-corrected chi connectivity index (χ3v) is 8.57. The van der Waals surface area contributed by atoms with Gasteiger partial charge in [0, 0.05) is 12.6 Å². The van der Waals surface area contributed by atoms with Crippen molar-refractivity contribution in [1.29, 1.82) is 0 Å². The fraction of sp³-hybridized carbons (Fsp3) is 0.542. The molecule has 0 saturated heterocycles. The summed E-state index contributed by atoms with van der Waals surface area (Å²) in [6.45, 7) is 6.19. The summed E-state index contributed by atoms with van der Waals surface area (Å²) in [6.07, 6.45) is -1.10. The number of halogens is 5. The van der Waals surface area contributed by atoms with Gasteiger partial charge in [-0.3, -0.25) is 9.59 Å². The van der Waals surface area contributed by atoms with Crippen molar-refractivity contribution in [2.24, 2.45) is 23.2 Å². The lowest BCUT2D eigenvalue weighted by Gasteiger charge is -2.62. The molecular formula is C24H27BrF4N4O2. The number of carbonyl (C=O) groups excluding carboxylic acids is 1. The van der Waals surface area contributed by atoms with Gasteiger partial charge in [-0.25, -0.2) is 9.07 Å². The van der Waals surface area contributed by atoms with Crippen molar-refractivity contribution < 1.29 is 22.4 Å². The van der Waals surface area contributed by atoms with E-state index in [1.807, 2.05) is 0 Å². The minimum Gasteiger partial charge on any atom is -0.380 e. The number of anilines is 1. The van der Waals surface area contributed by atoms with Crippen LogP contribution in [0.1, 0.15) is 44.7 Å². The number of fused-ring (bicyclic) bond motifs is 2. The highest BCUT2D eigenvalue weighted by atomic mass is 79.9. The summed E-state index contributed by atoms with van der Waals surface area (Å²) in [6, 6.07) is 2.73. The lowest BCUT2D eigenvalue weighted by molar-refractivity contribution is -0.140. The second-order valence-electron chi connectivity index (χ2n) is 10.1. The molecule has 190 valence electrons. The molecule has 1 amide bonds. The van der Waals surface area contributed by atoms with Crippen molar-refractivity contribution in [1.82, 2.24) is 15.1 Å². The topological polar surface area (TPSA) is 76.0 Å². The monoisotopic (exact) mass is 558 g/mol. The number of alkyl halides is 3. The summed E-state index contributed by atoms with van der Waals surface area (Å²) in [5, 5.41) is 9.97. The number of amides is 1. The summed E-state index contributed by atoms with van der Waals surface area (Å²) in [5.41, 5.74) is -0.918. The molecule has 0 aliphatic heterocycles. The smallest absolute Gasteiger partial charge is 0.380 e. The second-order valence-corrected chi connectivity index (χ2v) is 10.9. The van der Waals surface area contributed by atoms with Crippen LogP contribution in [0.15, 0.2) is 33.7 Å². The van der Waals surface area contributed by atoms with Crippen LogP contribution in [-0.4, -0.2) is 21.7 Å². The molecule has 0 radical (unpaired) electrons. The van der Waals surface area contributed by atoms with Gasteiger partial charge in [0.25, 0.3) is 5.56 Å². The summed E-state index contributed by atoms with van der Waals surface area (Å²) in [4.78, 5) is 25.1. The van der Waals surface area contributed by atoms with E-state index in [1.54, 1.807) is 0 Å². The van der Waals surface area contributed by atoms with Gasteiger partial charge in [-0.05, 0) is 69.6 Å². The van der Waals surface area contributed by atoms with E-state index >= 15 is 0 Å². The Bertz CT molecular complexity index is 1200. The number of carbonyl (C=O) groups is 1. The predicted molar refractivity (Wildman–Crippen MR) is 126 cm³/mol.